The highest BCUT2D eigenvalue weighted by molar-refractivity contribution is 7.89. The molecule has 32 heavy (non-hydrogen) atoms. The number of nitrogens with zero attached hydrogens (tertiary/aromatic N) is 3. The minimum absolute atomic E-state index is 0.0252. The zero-order chi connectivity index (χ0) is 23.5. The molecule has 0 radical (unpaired) electrons. The molecule has 0 saturated carbocycles. The lowest BCUT2D eigenvalue weighted by molar-refractivity contribution is 0.172. The zero-order valence-corrected chi connectivity index (χ0v) is 20.7. The maximum atomic E-state index is 13.0. The molecule has 1 fully saturated rings. The highest BCUT2D eigenvalue weighted by Crippen LogP contribution is 2.31. The fourth-order valence-electron chi connectivity index (χ4n) is 3.27. The number of hydrogen-bond donors (Lipinski definition) is 1. The Morgan fingerprint density at radius 3 is 2.34 bits per heavy atom. The van der Waals surface area contributed by atoms with E-state index in [0.29, 0.717) is 31.1 Å². The van der Waals surface area contributed by atoms with Crippen molar-refractivity contribution in [1.82, 2.24) is 19.5 Å². The molecule has 1 aromatic heterocycles. The molecule has 0 aliphatic carbocycles. The molecule has 1 aliphatic heterocycles. The molecule has 0 bridgehead atoms. The predicted molar refractivity (Wildman–Crippen MR) is 123 cm³/mol. The second kappa shape index (κ2) is 9.63. The monoisotopic (exact) mass is 482 g/mol. The van der Waals surface area contributed by atoms with Crippen molar-refractivity contribution in [2.24, 2.45) is 0 Å². The lowest BCUT2D eigenvalue weighted by atomic mass is 9.98. The Hall–Kier alpha value is -2.37. The minimum atomic E-state index is -3.70. The summed E-state index contributed by atoms with van der Waals surface area (Å²) in [6.07, 6.45) is 0. The van der Waals surface area contributed by atoms with Crippen LogP contribution in [0, 0.1) is 0 Å². The van der Waals surface area contributed by atoms with E-state index in [1.165, 1.54) is 30.7 Å². The first-order valence-electron chi connectivity index (χ1n) is 10.3. The average Bonchev–Trinajstić information content (AvgIpc) is 3.26. The highest BCUT2D eigenvalue weighted by Gasteiger charge is 2.31. The van der Waals surface area contributed by atoms with Crippen LogP contribution in [0.3, 0.4) is 0 Å². The van der Waals surface area contributed by atoms with Gasteiger partial charge in [0, 0.05) is 43.0 Å². The van der Waals surface area contributed by atoms with Crippen LogP contribution in [0.5, 0.6) is 11.5 Å². The minimum Gasteiger partial charge on any atom is -0.493 e. The molecule has 2 heterocycles. The number of carbonyl (C=O) groups is 1. The number of nitrogens with one attached hydrogen (secondary N) is 1. The smallest absolute Gasteiger partial charge is 0.317 e. The molecule has 2 aromatic rings. The molecular formula is C21H30N4O5S2. The summed E-state index contributed by atoms with van der Waals surface area (Å²) in [5.41, 5.74) is 0.797. The number of methoxy groups -OCH3 is 2. The fourth-order valence-corrected chi connectivity index (χ4v) is 5.61. The number of sulfonamides is 1. The summed E-state index contributed by atoms with van der Waals surface area (Å²) in [5, 5.41) is 5.86. The maximum absolute atomic E-state index is 13.0. The Morgan fingerprint density at radius 2 is 1.78 bits per heavy atom. The van der Waals surface area contributed by atoms with E-state index in [1.807, 2.05) is 5.38 Å². The molecule has 9 nitrogen and oxygen atoms in total. The van der Waals surface area contributed by atoms with Crippen molar-refractivity contribution in [3.8, 4) is 11.5 Å². The topological polar surface area (TPSA) is 101 Å². The second-order valence-electron chi connectivity index (χ2n) is 8.46. The van der Waals surface area contributed by atoms with Crippen molar-refractivity contribution in [3.05, 3.63) is 34.3 Å². The Morgan fingerprint density at radius 1 is 1.12 bits per heavy atom. The van der Waals surface area contributed by atoms with Crippen LogP contribution >= 0.6 is 11.3 Å². The number of amides is 2. The van der Waals surface area contributed by atoms with E-state index in [0.717, 1.165) is 10.7 Å². The number of carbonyl (C=O) groups excluding carboxylic acids is 1. The van der Waals surface area contributed by atoms with Crippen LogP contribution in [0.2, 0.25) is 0 Å². The van der Waals surface area contributed by atoms with Crippen LogP contribution in [0.1, 0.15) is 31.5 Å². The Balaban J connectivity index is 1.57. The van der Waals surface area contributed by atoms with Gasteiger partial charge >= 0.3 is 6.03 Å². The number of hydrogen-bond acceptors (Lipinski definition) is 7. The fraction of sp³-hybridized carbons (Fsp3) is 0.524. The summed E-state index contributed by atoms with van der Waals surface area (Å²) in [5.74, 6) is 0.811. The molecule has 3 rings (SSSR count). The molecule has 0 atom stereocenters. The van der Waals surface area contributed by atoms with Crippen LogP contribution in [-0.2, 0) is 22.0 Å². The van der Waals surface area contributed by atoms with E-state index in [4.69, 9.17) is 9.47 Å². The van der Waals surface area contributed by atoms with Crippen molar-refractivity contribution in [2.45, 2.75) is 37.6 Å². The first-order valence-corrected chi connectivity index (χ1v) is 12.6. The van der Waals surface area contributed by atoms with Gasteiger partial charge in [0.15, 0.2) is 11.5 Å². The van der Waals surface area contributed by atoms with Crippen LogP contribution < -0.4 is 14.8 Å². The Labute approximate surface area is 193 Å². The normalized spacial score (nSPS) is 15.5. The van der Waals surface area contributed by atoms with Crippen molar-refractivity contribution in [2.75, 3.05) is 40.4 Å². The van der Waals surface area contributed by atoms with Crippen LogP contribution in [0.25, 0.3) is 0 Å². The van der Waals surface area contributed by atoms with Crippen molar-refractivity contribution in [3.63, 3.8) is 0 Å². The Bertz CT molecular complexity index is 1050. The summed E-state index contributed by atoms with van der Waals surface area (Å²) < 4.78 is 37.8. The van der Waals surface area contributed by atoms with Gasteiger partial charge in [0.25, 0.3) is 0 Å². The van der Waals surface area contributed by atoms with Crippen LogP contribution in [0.4, 0.5) is 4.79 Å². The van der Waals surface area contributed by atoms with Gasteiger partial charge in [-0.15, -0.1) is 11.3 Å². The standard InChI is InChI=1S/C21H30N4O5S2/c1-21(2,3)19-23-15(14-31-19)13-22-20(26)24-8-10-25(11-9-24)32(27,28)16-6-7-17(29-4)18(12-16)30-5/h6-7,12,14H,8-11,13H2,1-5H3,(H,22,26). The third-order valence-electron chi connectivity index (χ3n) is 5.13. The quantitative estimate of drug-likeness (QED) is 0.679. The number of piperazine rings is 1. The van der Waals surface area contributed by atoms with Gasteiger partial charge in [-0.2, -0.15) is 4.31 Å². The molecule has 0 unspecified atom stereocenters. The first kappa shape index (κ1) is 24.3. The Kier molecular flexibility index (Phi) is 7.31. The van der Waals surface area contributed by atoms with E-state index in [1.54, 1.807) is 22.3 Å². The van der Waals surface area contributed by atoms with Gasteiger partial charge in [0.2, 0.25) is 10.0 Å². The van der Waals surface area contributed by atoms with Gasteiger partial charge in [-0.1, -0.05) is 20.8 Å². The summed E-state index contributed by atoms with van der Waals surface area (Å²) >= 11 is 1.58. The lowest BCUT2D eigenvalue weighted by Gasteiger charge is -2.34. The molecular weight excluding hydrogens is 452 g/mol. The molecule has 11 heteroatoms. The van der Waals surface area contributed by atoms with Crippen molar-refractivity contribution < 1.29 is 22.7 Å². The van der Waals surface area contributed by atoms with Crippen molar-refractivity contribution in [1.29, 1.82) is 0 Å². The van der Waals surface area contributed by atoms with E-state index >= 15 is 0 Å². The average molecular weight is 483 g/mol. The van der Waals surface area contributed by atoms with E-state index in [-0.39, 0.29) is 29.4 Å². The van der Waals surface area contributed by atoms with Gasteiger partial charge < -0.3 is 19.7 Å². The number of benzene rings is 1. The predicted octanol–water partition coefficient (Wildman–Crippen LogP) is 2.67. The van der Waals surface area contributed by atoms with E-state index in [2.05, 4.69) is 31.1 Å². The van der Waals surface area contributed by atoms with E-state index in [9.17, 15) is 13.2 Å². The molecule has 176 valence electrons. The van der Waals surface area contributed by atoms with Crippen molar-refractivity contribution >= 4 is 27.4 Å². The third-order valence-corrected chi connectivity index (χ3v) is 8.34. The van der Waals surface area contributed by atoms with Gasteiger partial charge in [-0.25, -0.2) is 18.2 Å². The highest BCUT2D eigenvalue weighted by atomic mass is 32.2. The zero-order valence-electron chi connectivity index (χ0n) is 19.0. The van der Waals surface area contributed by atoms with E-state index < -0.39 is 10.0 Å². The lowest BCUT2D eigenvalue weighted by Crippen LogP contribution is -2.52. The molecule has 1 N–H and O–H groups in total. The number of thiazole rings is 1. The second-order valence-corrected chi connectivity index (χ2v) is 11.3. The van der Waals surface area contributed by atoms with Gasteiger partial charge in [0.1, 0.15) is 0 Å². The van der Waals surface area contributed by atoms with Gasteiger partial charge in [0.05, 0.1) is 36.4 Å². The number of aromatic nitrogens is 1. The molecule has 1 aliphatic rings. The summed E-state index contributed by atoms with van der Waals surface area (Å²) in [6.45, 7) is 7.70. The third kappa shape index (κ3) is 5.33. The van der Waals surface area contributed by atoms with Crippen LogP contribution in [-0.4, -0.2) is 69.0 Å². The summed E-state index contributed by atoms with van der Waals surface area (Å²) in [4.78, 5) is 18.9. The largest absolute Gasteiger partial charge is 0.493 e. The maximum Gasteiger partial charge on any atom is 0.317 e. The molecule has 2 amide bonds. The molecule has 1 aromatic carbocycles. The number of urea groups is 1. The summed E-state index contributed by atoms with van der Waals surface area (Å²) in [7, 11) is -0.751. The molecule has 1 saturated heterocycles. The SMILES string of the molecule is COc1ccc(S(=O)(=O)N2CCN(C(=O)NCc3csc(C(C)(C)C)n3)CC2)cc1OC. The molecule has 0 spiro atoms. The summed E-state index contributed by atoms with van der Waals surface area (Å²) in [6, 6.07) is 4.29. The first-order chi connectivity index (χ1) is 15.1. The number of ether oxygens (including phenoxy) is 2. The number of rotatable bonds is 6. The van der Waals surface area contributed by atoms with Gasteiger partial charge in [-0.05, 0) is 12.1 Å². The van der Waals surface area contributed by atoms with Gasteiger partial charge in [-0.3, -0.25) is 0 Å². The van der Waals surface area contributed by atoms with Crippen LogP contribution in [0.15, 0.2) is 28.5 Å².